The van der Waals surface area contributed by atoms with E-state index in [0.29, 0.717) is 10.9 Å². The number of thioether (sulfide) groups is 1. The maximum Gasteiger partial charge on any atom is 0.188 e. The molecule has 1 fully saturated rings. The van der Waals surface area contributed by atoms with Gasteiger partial charge in [-0.1, -0.05) is 36.2 Å². The lowest BCUT2D eigenvalue weighted by Crippen LogP contribution is -2.17. The molecule has 1 aromatic rings. The van der Waals surface area contributed by atoms with Crippen LogP contribution in [0.15, 0.2) is 16.4 Å². The predicted molar refractivity (Wildman–Crippen MR) is 72.0 cm³/mol. The summed E-state index contributed by atoms with van der Waals surface area (Å²) >= 11 is 1.71. The molecule has 1 aliphatic rings. The molecule has 0 amide bonds. The number of nitrogens with zero attached hydrogens (tertiary/aromatic N) is 3. The Balaban J connectivity index is 2.14. The summed E-state index contributed by atoms with van der Waals surface area (Å²) in [5.41, 5.74) is 6.89. The average Bonchev–Trinajstić information content (AvgIpc) is 2.38. The Morgan fingerprint density at radius 1 is 1.39 bits per heavy atom. The fourth-order valence-electron chi connectivity index (χ4n) is 2.11. The Hall–Kier alpha value is -1.30. The predicted octanol–water partition coefficient (Wildman–Crippen LogP) is 2.30. The normalized spacial score (nSPS) is 17.9. The summed E-state index contributed by atoms with van der Waals surface area (Å²) in [6, 6.07) is 1.72. The summed E-state index contributed by atoms with van der Waals surface area (Å²) in [5.74, 6) is 0.0333. The van der Waals surface area contributed by atoms with E-state index in [1.165, 1.54) is 32.1 Å². The van der Waals surface area contributed by atoms with Crippen LogP contribution in [0, 0.1) is 6.92 Å². The van der Waals surface area contributed by atoms with Gasteiger partial charge in [-0.25, -0.2) is 9.97 Å². The molecule has 0 saturated heterocycles. The van der Waals surface area contributed by atoms with Crippen molar-refractivity contribution >= 4 is 17.6 Å². The Bertz CT molecular complexity index is 444. The second kappa shape index (κ2) is 6.04. The van der Waals surface area contributed by atoms with Gasteiger partial charge in [0.05, 0.1) is 0 Å². The van der Waals surface area contributed by atoms with Crippen LogP contribution in [-0.4, -0.2) is 26.3 Å². The van der Waals surface area contributed by atoms with Crippen LogP contribution in [0.3, 0.4) is 0 Å². The zero-order chi connectivity index (χ0) is 13.0. The first kappa shape index (κ1) is 13.1. The minimum absolute atomic E-state index is 0.0333. The Kier molecular flexibility index (Phi) is 4.41. The fraction of sp³-hybridized carbons (Fsp3) is 0.583. The molecule has 1 aromatic heterocycles. The Morgan fingerprint density at radius 3 is 2.78 bits per heavy atom. The maximum absolute atomic E-state index is 8.69. The molecule has 1 saturated carbocycles. The van der Waals surface area contributed by atoms with Crippen LogP contribution >= 0.6 is 11.8 Å². The molecular weight excluding hydrogens is 248 g/mol. The molecule has 2 rings (SSSR count). The van der Waals surface area contributed by atoms with Gasteiger partial charge >= 0.3 is 0 Å². The number of nitrogens with two attached hydrogens (primary N) is 1. The molecule has 1 aliphatic carbocycles. The van der Waals surface area contributed by atoms with Crippen molar-refractivity contribution in [2.45, 2.75) is 49.4 Å². The van der Waals surface area contributed by atoms with E-state index in [1.807, 2.05) is 6.92 Å². The van der Waals surface area contributed by atoms with Gasteiger partial charge in [0.25, 0.3) is 0 Å². The summed E-state index contributed by atoms with van der Waals surface area (Å²) in [7, 11) is 0. The minimum atomic E-state index is 0.0333. The number of rotatable bonds is 3. The molecule has 0 spiro atoms. The largest absolute Gasteiger partial charge is 0.409 e. The molecule has 0 bridgehead atoms. The van der Waals surface area contributed by atoms with Gasteiger partial charge in [0.2, 0.25) is 0 Å². The summed E-state index contributed by atoms with van der Waals surface area (Å²) in [4.78, 5) is 8.74. The number of aromatic nitrogens is 2. The summed E-state index contributed by atoms with van der Waals surface area (Å²) in [6.45, 7) is 1.89. The van der Waals surface area contributed by atoms with Crippen LogP contribution in [0.5, 0.6) is 0 Å². The van der Waals surface area contributed by atoms with Crippen molar-refractivity contribution in [2.24, 2.45) is 10.9 Å². The lowest BCUT2D eigenvalue weighted by molar-refractivity contribution is 0.318. The number of amidine groups is 1. The standard InChI is InChI=1S/C12H18N4OS/c1-8-7-10(11(13)16-17)15-12(14-8)18-9-5-3-2-4-6-9/h7,9,17H,2-6H2,1H3,(H2,13,16). The van der Waals surface area contributed by atoms with Gasteiger partial charge in [-0.2, -0.15) is 0 Å². The van der Waals surface area contributed by atoms with Crippen molar-refractivity contribution in [3.8, 4) is 0 Å². The molecule has 1 heterocycles. The third-order valence-electron chi connectivity index (χ3n) is 3.03. The molecule has 5 nitrogen and oxygen atoms in total. The number of aryl methyl sites for hydroxylation is 1. The van der Waals surface area contributed by atoms with E-state index in [2.05, 4.69) is 15.1 Å². The first-order chi connectivity index (χ1) is 8.69. The van der Waals surface area contributed by atoms with Crippen molar-refractivity contribution in [1.82, 2.24) is 9.97 Å². The van der Waals surface area contributed by atoms with E-state index in [4.69, 9.17) is 10.9 Å². The van der Waals surface area contributed by atoms with Gasteiger partial charge < -0.3 is 10.9 Å². The number of hydrogen-bond acceptors (Lipinski definition) is 5. The van der Waals surface area contributed by atoms with Crippen molar-refractivity contribution in [3.63, 3.8) is 0 Å². The van der Waals surface area contributed by atoms with Crippen LogP contribution in [0.1, 0.15) is 43.5 Å². The number of hydrogen-bond donors (Lipinski definition) is 2. The van der Waals surface area contributed by atoms with Gasteiger partial charge in [0.15, 0.2) is 11.0 Å². The van der Waals surface area contributed by atoms with E-state index >= 15 is 0 Å². The molecule has 6 heteroatoms. The quantitative estimate of drug-likeness (QED) is 0.288. The van der Waals surface area contributed by atoms with E-state index in [9.17, 15) is 0 Å². The minimum Gasteiger partial charge on any atom is -0.409 e. The summed E-state index contributed by atoms with van der Waals surface area (Å²) in [6.07, 6.45) is 6.36. The summed E-state index contributed by atoms with van der Waals surface area (Å²) < 4.78 is 0. The molecule has 0 aromatic carbocycles. The maximum atomic E-state index is 8.69. The molecule has 0 radical (unpaired) electrons. The monoisotopic (exact) mass is 266 g/mol. The lowest BCUT2D eigenvalue weighted by atomic mass is 10.0. The van der Waals surface area contributed by atoms with Gasteiger partial charge in [0, 0.05) is 10.9 Å². The first-order valence-corrected chi connectivity index (χ1v) is 7.07. The van der Waals surface area contributed by atoms with Crippen LogP contribution < -0.4 is 5.73 Å². The van der Waals surface area contributed by atoms with E-state index in [-0.39, 0.29) is 5.84 Å². The average molecular weight is 266 g/mol. The van der Waals surface area contributed by atoms with Crippen molar-refractivity contribution in [1.29, 1.82) is 0 Å². The third kappa shape index (κ3) is 3.35. The molecular formula is C12H18N4OS. The number of oxime groups is 1. The van der Waals surface area contributed by atoms with Gasteiger partial charge in [-0.05, 0) is 25.8 Å². The second-order valence-electron chi connectivity index (χ2n) is 4.54. The highest BCUT2D eigenvalue weighted by Crippen LogP contribution is 2.31. The molecule has 3 N–H and O–H groups in total. The lowest BCUT2D eigenvalue weighted by Gasteiger charge is -2.20. The first-order valence-electron chi connectivity index (χ1n) is 6.19. The van der Waals surface area contributed by atoms with Crippen molar-refractivity contribution in [2.75, 3.05) is 0 Å². The van der Waals surface area contributed by atoms with Crippen molar-refractivity contribution in [3.05, 3.63) is 17.5 Å². The SMILES string of the molecule is Cc1cc(/C(N)=N/O)nc(SC2CCCCC2)n1. The van der Waals surface area contributed by atoms with Gasteiger partial charge in [0.1, 0.15) is 5.69 Å². The topological polar surface area (TPSA) is 84.4 Å². The van der Waals surface area contributed by atoms with Crippen LogP contribution in [-0.2, 0) is 0 Å². The highest BCUT2D eigenvalue weighted by atomic mass is 32.2. The second-order valence-corrected chi connectivity index (χ2v) is 5.81. The Labute approximate surface area is 111 Å². The fourth-order valence-corrected chi connectivity index (χ4v) is 3.32. The van der Waals surface area contributed by atoms with E-state index in [1.54, 1.807) is 17.8 Å². The summed E-state index contributed by atoms with van der Waals surface area (Å²) in [5, 5.41) is 13.0. The zero-order valence-electron chi connectivity index (χ0n) is 10.5. The molecule has 0 aliphatic heterocycles. The highest BCUT2D eigenvalue weighted by Gasteiger charge is 2.17. The van der Waals surface area contributed by atoms with E-state index in [0.717, 1.165) is 10.9 Å². The molecule has 0 atom stereocenters. The zero-order valence-corrected chi connectivity index (χ0v) is 11.3. The molecule has 0 unspecified atom stereocenters. The van der Waals surface area contributed by atoms with Crippen LogP contribution in [0.4, 0.5) is 0 Å². The smallest absolute Gasteiger partial charge is 0.188 e. The van der Waals surface area contributed by atoms with Crippen LogP contribution in [0.2, 0.25) is 0 Å². The van der Waals surface area contributed by atoms with Gasteiger partial charge in [-0.15, -0.1) is 0 Å². The van der Waals surface area contributed by atoms with Crippen LogP contribution in [0.25, 0.3) is 0 Å². The van der Waals surface area contributed by atoms with Crippen molar-refractivity contribution < 1.29 is 5.21 Å². The Morgan fingerprint density at radius 2 is 2.11 bits per heavy atom. The molecule has 18 heavy (non-hydrogen) atoms. The third-order valence-corrected chi connectivity index (χ3v) is 4.23. The van der Waals surface area contributed by atoms with Gasteiger partial charge in [-0.3, -0.25) is 0 Å². The molecule has 98 valence electrons. The van der Waals surface area contributed by atoms with E-state index < -0.39 is 0 Å². The highest BCUT2D eigenvalue weighted by molar-refractivity contribution is 7.99.